The van der Waals surface area contributed by atoms with Gasteiger partial charge in [0.2, 0.25) is 0 Å². The summed E-state index contributed by atoms with van der Waals surface area (Å²) in [4.78, 5) is 22.0. The van der Waals surface area contributed by atoms with Crippen LogP contribution in [0.3, 0.4) is 0 Å². The number of hydrogen-bond acceptors (Lipinski definition) is 7. The number of hydrogen-bond donors (Lipinski definition) is 1. The van der Waals surface area contributed by atoms with E-state index in [0.717, 1.165) is 6.20 Å². The average Bonchev–Trinajstić information content (AvgIpc) is 3.66. The van der Waals surface area contributed by atoms with Crippen molar-refractivity contribution in [3.8, 4) is 11.6 Å². The number of benzene rings is 1. The number of amides is 1. The maximum absolute atomic E-state index is 14.3. The van der Waals surface area contributed by atoms with Gasteiger partial charge in [0.15, 0.2) is 0 Å². The summed E-state index contributed by atoms with van der Waals surface area (Å²) >= 11 is 0. The molecular formula is C22H15F4N7O3. The van der Waals surface area contributed by atoms with Gasteiger partial charge in [-0.25, -0.2) is 18.4 Å². The van der Waals surface area contributed by atoms with E-state index < -0.39 is 30.8 Å². The molecule has 1 aromatic carbocycles. The predicted molar refractivity (Wildman–Crippen MR) is 113 cm³/mol. The third-order valence-electron chi connectivity index (χ3n) is 5.95. The minimum absolute atomic E-state index is 0.0519. The topological polar surface area (TPSA) is 119 Å². The molecule has 0 spiro atoms. The third-order valence-corrected chi connectivity index (χ3v) is 5.95. The molecule has 0 aliphatic carbocycles. The smallest absolute Gasteiger partial charge is 0.333 e. The average molecular weight is 501 g/mol. The van der Waals surface area contributed by atoms with Crippen LogP contribution in [0.15, 0.2) is 51.7 Å². The summed E-state index contributed by atoms with van der Waals surface area (Å²) in [5.41, 5.74) is 0.879. The molecule has 0 fully saturated rings. The molecule has 0 saturated carbocycles. The molecule has 1 atom stereocenters. The highest BCUT2D eigenvalue weighted by atomic mass is 19.3. The van der Waals surface area contributed by atoms with Crippen molar-refractivity contribution in [1.82, 2.24) is 34.8 Å². The highest BCUT2D eigenvalue weighted by Crippen LogP contribution is 2.43. The Hall–Kier alpha value is -4.49. The summed E-state index contributed by atoms with van der Waals surface area (Å²) in [5.74, 6) is -1.59. The minimum Gasteiger partial charge on any atom is -0.458 e. The Morgan fingerprint density at radius 3 is 2.72 bits per heavy atom. The Labute approximate surface area is 198 Å². The molecule has 1 amide bonds. The van der Waals surface area contributed by atoms with Gasteiger partial charge in [-0.3, -0.25) is 4.79 Å². The maximum Gasteiger partial charge on any atom is 0.333 e. The Morgan fingerprint density at radius 1 is 1.11 bits per heavy atom. The van der Waals surface area contributed by atoms with Crippen LogP contribution in [0.1, 0.15) is 52.4 Å². The zero-order valence-electron chi connectivity index (χ0n) is 18.1. The standard InChI is InChI=1S/C22H15F4N7O3/c23-18(24)14-10-3-1-2-4-13(10)35-17(14)16-15-11(27-9-28-15)5-7-32(16)21(34)20-30-29-19(36-20)12-6-8-33(31-12)22(25)26/h1-4,6,8-9,16,18,22H,5,7H2,(H,27,28)/t16-/m1/s1. The van der Waals surface area contributed by atoms with Crippen LogP contribution in [0.5, 0.6) is 0 Å². The summed E-state index contributed by atoms with van der Waals surface area (Å²) in [6, 6.07) is 6.49. The number of H-pyrrole nitrogens is 1. The fourth-order valence-corrected chi connectivity index (χ4v) is 4.37. The largest absolute Gasteiger partial charge is 0.458 e. The summed E-state index contributed by atoms with van der Waals surface area (Å²) < 4.78 is 65.9. The third kappa shape index (κ3) is 3.44. The monoisotopic (exact) mass is 501 g/mol. The van der Waals surface area contributed by atoms with Gasteiger partial charge < -0.3 is 18.7 Å². The van der Waals surface area contributed by atoms with E-state index >= 15 is 0 Å². The van der Waals surface area contributed by atoms with Crippen LogP contribution in [0.25, 0.3) is 22.6 Å². The van der Waals surface area contributed by atoms with Gasteiger partial charge in [0.05, 0.1) is 17.6 Å². The Kier molecular flexibility index (Phi) is 5.09. The van der Waals surface area contributed by atoms with Crippen LogP contribution >= 0.6 is 0 Å². The van der Waals surface area contributed by atoms with Crippen molar-refractivity contribution in [3.05, 3.63) is 71.5 Å². The Bertz CT molecular complexity index is 1570. The number of aromatic nitrogens is 6. The van der Waals surface area contributed by atoms with Crippen molar-refractivity contribution in [2.75, 3.05) is 6.54 Å². The van der Waals surface area contributed by atoms with Gasteiger partial charge >= 0.3 is 18.3 Å². The highest BCUT2D eigenvalue weighted by molar-refractivity contribution is 5.91. The number of nitrogens with one attached hydrogen (secondary N) is 1. The zero-order valence-corrected chi connectivity index (χ0v) is 18.1. The molecule has 36 heavy (non-hydrogen) atoms. The van der Waals surface area contributed by atoms with Gasteiger partial charge in [0, 0.05) is 30.2 Å². The van der Waals surface area contributed by atoms with E-state index in [0.29, 0.717) is 22.5 Å². The second kappa shape index (κ2) is 8.32. The molecule has 0 saturated heterocycles. The number of carbonyl (C=O) groups excluding carboxylic acids is 1. The Morgan fingerprint density at radius 2 is 1.94 bits per heavy atom. The van der Waals surface area contributed by atoms with Crippen molar-refractivity contribution >= 4 is 16.9 Å². The summed E-state index contributed by atoms with van der Waals surface area (Å²) in [5, 5.41) is 11.3. The molecule has 10 nitrogen and oxygen atoms in total. The minimum atomic E-state index is -2.88. The second-order valence-electron chi connectivity index (χ2n) is 7.97. The van der Waals surface area contributed by atoms with Gasteiger partial charge in [-0.2, -0.15) is 13.9 Å². The number of alkyl halides is 4. The molecule has 0 unspecified atom stereocenters. The van der Waals surface area contributed by atoms with E-state index in [2.05, 4.69) is 25.3 Å². The highest BCUT2D eigenvalue weighted by Gasteiger charge is 2.41. The van der Waals surface area contributed by atoms with E-state index in [1.165, 1.54) is 23.4 Å². The van der Waals surface area contributed by atoms with Crippen molar-refractivity contribution in [3.63, 3.8) is 0 Å². The first-order chi connectivity index (χ1) is 17.4. The number of nitrogens with zero attached hydrogens (tertiary/aromatic N) is 6. The van der Waals surface area contributed by atoms with Gasteiger partial charge in [0.25, 0.3) is 12.3 Å². The van der Waals surface area contributed by atoms with Crippen LogP contribution < -0.4 is 0 Å². The lowest BCUT2D eigenvalue weighted by molar-refractivity contribution is 0.0566. The fourth-order valence-electron chi connectivity index (χ4n) is 4.37. The van der Waals surface area contributed by atoms with Crippen LogP contribution in [0.4, 0.5) is 17.6 Å². The lowest BCUT2D eigenvalue weighted by Crippen LogP contribution is -2.41. The van der Waals surface area contributed by atoms with Crippen LogP contribution in [0.2, 0.25) is 0 Å². The first kappa shape index (κ1) is 22.0. The number of carbonyl (C=O) groups is 1. The quantitative estimate of drug-likeness (QED) is 0.352. The van der Waals surface area contributed by atoms with Gasteiger partial charge in [-0.15, -0.1) is 10.2 Å². The molecule has 4 aromatic heterocycles. The van der Waals surface area contributed by atoms with E-state index in [1.54, 1.807) is 18.2 Å². The van der Waals surface area contributed by atoms with E-state index in [4.69, 9.17) is 8.83 Å². The number of rotatable bonds is 5. The van der Waals surface area contributed by atoms with E-state index in [-0.39, 0.29) is 40.4 Å². The number of halogens is 4. The Balaban J connectivity index is 1.42. The molecule has 1 aliphatic rings. The number of para-hydroxylation sites is 1. The molecule has 14 heteroatoms. The molecule has 0 bridgehead atoms. The number of aromatic amines is 1. The fraction of sp³-hybridized carbons (Fsp3) is 0.227. The molecule has 5 heterocycles. The first-order valence-electron chi connectivity index (χ1n) is 10.7. The van der Waals surface area contributed by atoms with Crippen molar-refractivity contribution in [2.24, 2.45) is 0 Å². The summed E-state index contributed by atoms with van der Waals surface area (Å²) in [7, 11) is 0. The SMILES string of the molecule is O=C(c1nnc(-c2ccn(C(F)F)n2)o1)N1CCc2[nH]cnc2[C@@H]1c1oc2ccccc2c1C(F)F. The number of furan rings is 1. The maximum atomic E-state index is 14.3. The molecule has 1 N–H and O–H groups in total. The number of imidazole rings is 1. The molecule has 1 aliphatic heterocycles. The second-order valence-corrected chi connectivity index (χ2v) is 7.97. The van der Waals surface area contributed by atoms with Crippen molar-refractivity contribution in [1.29, 1.82) is 0 Å². The molecule has 184 valence electrons. The molecule has 6 rings (SSSR count). The van der Waals surface area contributed by atoms with Gasteiger partial charge in [-0.05, 0) is 12.1 Å². The van der Waals surface area contributed by atoms with Crippen LogP contribution in [-0.2, 0) is 6.42 Å². The molecular weight excluding hydrogens is 486 g/mol. The van der Waals surface area contributed by atoms with Crippen LogP contribution in [0, 0.1) is 0 Å². The summed E-state index contributed by atoms with van der Waals surface area (Å²) in [6.45, 7) is -2.76. The normalized spacial score (nSPS) is 15.8. The first-order valence-corrected chi connectivity index (χ1v) is 10.7. The summed E-state index contributed by atoms with van der Waals surface area (Å²) in [6.07, 6.45) is -0.0778. The van der Waals surface area contributed by atoms with Gasteiger partial charge in [-0.1, -0.05) is 18.2 Å². The van der Waals surface area contributed by atoms with Crippen molar-refractivity contribution < 1.29 is 31.2 Å². The zero-order chi connectivity index (χ0) is 25.0. The van der Waals surface area contributed by atoms with E-state index in [1.807, 2.05) is 0 Å². The number of fused-ring (bicyclic) bond motifs is 2. The van der Waals surface area contributed by atoms with Crippen LogP contribution in [-0.4, -0.2) is 47.3 Å². The lowest BCUT2D eigenvalue weighted by atomic mass is 9.97. The molecule has 5 aromatic rings. The lowest BCUT2D eigenvalue weighted by Gasteiger charge is -2.33. The van der Waals surface area contributed by atoms with E-state index in [9.17, 15) is 22.4 Å². The van der Waals surface area contributed by atoms with Gasteiger partial charge in [0.1, 0.15) is 23.1 Å². The predicted octanol–water partition coefficient (Wildman–Crippen LogP) is 4.52. The molecule has 0 radical (unpaired) electrons. The van der Waals surface area contributed by atoms with Crippen molar-refractivity contribution in [2.45, 2.75) is 25.4 Å².